The minimum Gasteiger partial charge on any atom is -0.385 e. The fraction of sp³-hybridized carbons (Fsp3) is 0.200. The molecule has 0 atom stereocenters. The van der Waals surface area contributed by atoms with Crippen LogP contribution in [0.1, 0.15) is 11.4 Å². The minimum absolute atomic E-state index is 0.846. The van der Waals surface area contributed by atoms with Crippen molar-refractivity contribution in [3.8, 4) is 0 Å². The molecule has 0 spiro atoms. The lowest BCUT2D eigenvalue weighted by molar-refractivity contribution is 0.870. The summed E-state index contributed by atoms with van der Waals surface area (Å²) in [5, 5.41) is 11.8. The second kappa shape index (κ2) is 5.10. The quantitative estimate of drug-likeness (QED) is 0.776. The first-order valence-electron chi connectivity index (χ1n) is 6.42. The van der Waals surface area contributed by atoms with Crippen LogP contribution in [0.25, 0.3) is 5.65 Å². The number of benzene rings is 1. The lowest BCUT2D eigenvalue weighted by atomic mass is 10.3. The Kier molecular flexibility index (Phi) is 3.14. The molecule has 19 heavy (non-hydrogen) atoms. The molecule has 2 aromatic heterocycles. The van der Waals surface area contributed by atoms with Gasteiger partial charge in [-0.2, -0.15) is 0 Å². The van der Waals surface area contributed by atoms with Crippen molar-refractivity contribution in [2.45, 2.75) is 13.3 Å². The van der Waals surface area contributed by atoms with Crippen molar-refractivity contribution < 1.29 is 0 Å². The zero-order chi connectivity index (χ0) is 13.1. The van der Waals surface area contributed by atoms with Gasteiger partial charge in [-0.25, -0.2) is 0 Å². The molecular formula is C15H16N4. The number of rotatable bonds is 4. The van der Waals surface area contributed by atoms with Crippen LogP contribution in [0.5, 0.6) is 0 Å². The average Bonchev–Trinajstić information content (AvgIpc) is 2.82. The van der Waals surface area contributed by atoms with E-state index >= 15 is 0 Å². The van der Waals surface area contributed by atoms with Gasteiger partial charge in [-0.15, -0.1) is 10.2 Å². The number of aryl methyl sites for hydroxylation is 1. The molecule has 0 amide bonds. The number of aromatic nitrogens is 3. The normalized spacial score (nSPS) is 10.8. The van der Waals surface area contributed by atoms with Crippen molar-refractivity contribution in [2.75, 3.05) is 11.9 Å². The van der Waals surface area contributed by atoms with E-state index in [1.165, 1.54) is 5.56 Å². The van der Waals surface area contributed by atoms with E-state index in [9.17, 15) is 0 Å². The highest BCUT2D eigenvalue weighted by Gasteiger charge is 2.04. The van der Waals surface area contributed by atoms with E-state index in [2.05, 4.69) is 40.6 Å². The number of pyridine rings is 1. The van der Waals surface area contributed by atoms with Crippen LogP contribution in [-0.4, -0.2) is 21.1 Å². The van der Waals surface area contributed by atoms with E-state index < -0.39 is 0 Å². The molecule has 0 saturated carbocycles. The summed E-state index contributed by atoms with van der Waals surface area (Å²) in [5.41, 5.74) is 3.25. The lowest BCUT2D eigenvalue weighted by Crippen LogP contribution is -2.07. The smallest absolute Gasteiger partial charge is 0.161 e. The van der Waals surface area contributed by atoms with Gasteiger partial charge < -0.3 is 5.32 Å². The van der Waals surface area contributed by atoms with Gasteiger partial charge in [-0.05, 0) is 36.8 Å². The second-order valence-electron chi connectivity index (χ2n) is 4.59. The van der Waals surface area contributed by atoms with Gasteiger partial charge in [0.05, 0.1) is 0 Å². The standard InChI is InChI=1S/C15H16N4/c1-12-8-10-19-14(17-18-15(19)11-12)7-9-16-13-5-3-2-4-6-13/h2-6,8,10-11,16H,7,9H2,1H3. The molecule has 4 heteroatoms. The SMILES string of the molecule is Cc1ccn2c(CCNc3ccccc3)nnc2c1. The molecule has 0 aliphatic rings. The Bertz CT molecular complexity index is 673. The van der Waals surface area contributed by atoms with Crippen LogP contribution in [-0.2, 0) is 6.42 Å². The first-order valence-corrected chi connectivity index (χ1v) is 6.42. The van der Waals surface area contributed by atoms with Gasteiger partial charge in [0, 0.05) is 24.8 Å². The average molecular weight is 252 g/mol. The van der Waals surface area contributed by atoms with Crippen molar-refractivity contribution in [3.63, 3.8) is 0 Å². The van der Waals surface area contributed by atoms with Gasteiger partial charge in [0.1, 0.15) is 5.82 Å². The molecule has 96 valence electrons. The Balaban J connectivity index is 1.69. The molecule has 1 aromatic carbocycles. The maximum atomic E-state index is 4.24. The van der Waals surface area contributed by atoms with Gasteiger partial charge >= 0.3 is 0 Å². The summed E-state index contributed by atoms with van der Waals surface area (Å²) in [6.07, 6.45) is 2.88. The maximum absolute atomic E-state index is 4.24. The summed E-state index contributed by atoms with van der Waals surface area (Å²) >= 11 is 0. The van der Waals surface area contributed by atoms with E-state index in [4.69, 9.17) is 0 Å². The number of para-hydroxylation sites is 1. The molecule has 2 heterocycles. The number of nitrogens with one attached hydrogen (secondary N) is 1. The Labute approximate surface area is 112 Å². The number of fused-ring (bicyclic) bond motifs is 1. The summed E-state index contributed by atoms with van der Waals surface area (Å²) in [5.74, 6) is 0.985. The molecule has 4 nitrogen and oxygen atoms in total. The van der Waals surface area contributed by atoms with Crippen LogP contribution in [0.2, 0.25) is 0 Å². The zero-order valence-corrected chi connectivity index (χ0v) is 10.9. The number of anilines is 1. The highest BCUT2D eigenvalue weighted by Crippen LogP contribution is 2.08. The van der Waals surface area contributed by atoms with Crippen LogP contribution in [0.4, 0.5) is 5.69 Å². The van der Waals surface area contributed by atoms with Gasteiger partial charge in [0.25, 0.3) is 0 Å². The first-order chi connectivity index (χ1) is 9.33. The Hall–Kier alpha value is -2.36. The Morgan fingerprint density at radius 3 is 2.79 bits per heavy atom. The van der Waals surface area contributed by atoms with Gasteiger partial charge in [-0.1, -0.05) is 18.2 Å². The summed E-state index contributed by atoms with van der Waals surface area (Å²) in [4.78, 5) is 0. The Morgan fingerprint density at radius 2 is 1.95 bits per heavy atom. The van der Waals surface area contributed by atoms with Gasteiger partial charge in [0.15, 0.2) is 5.65 Å². The minimum atomic E-state index is 0.846. The van der Waals surface area contributed by atoms with Gasteiger partial charge in [0.2, 0.25) is 0 Å². The predicted octanol–water partition coefficient (Wildman–Crippen LogP) is 2.69. The molecule has 3 rings (SSSR count). The van der Waals surface area contributed by atoms with E-state index in [1.807, 2.05) is 34.9 Å². The molecule has 0 aliphatic carbocycles. The van der Waals surface area contributed by atoms with E-state index in [0.717, 1.165) is 30.1 Å². The monoisotopic (exact) mass is 252 g/mol. The summed E-state index contributed by atoms with van der Waals surface area (Å²) < 4.78 is 2.04. The van der Waals surface area contributed by atoms with E-state index in [1.54, 1.807) is 0 Å². The molecule has 0 bridgehead atoms. The van der Waals surface area contributed by atoms with Crippen molar-refractivity contribution in [2.24, 2.45) is 0 Å². The third kappa shape index (κ3) is 2.57. The molecule has 3 aromatic rings. The van der Waals surface area contributed by atoms with E-state index in [-0.39, 0.29) is 0 Å². The molecule has 0 unspecified atom stereocenters. The summed E-state index contributed by atoms with van der Waals surface area (Å²) in [6.45, 7) is 2.91. The number of hydrogen-bond donors (Lipinski definition) is 1. The van der Waals surface area contributed by atoms with Crippen molar-refractivity contribution in [3.05, 3.63) is 60.0 Å². The fourth-order valence-electron chi connectivity index (χ4n) is 2.09. The highest BCUT2D eigenvalue weighted by molar-refractivity contribution is 5.43. The maximum Gasteiger partial charge on any atom is 0.161 e. The van der Waals surface area contributed by atoms with Crippen LogP contribution < -0.4 is 5.32 Å². The molecule has 0 fully saturated rings. The van der Waals surface area contributed by atoms with Crippen LogP contribution in [0, 0.1) is 6.92 Å². The molecule has 0 saturated heterocycles. The Morgan fingerprint density at radius 1 is 1.11 bits per heavy atom. The summed E-state index contributed by atoms with van der Waals surface area (Å²) in [7, 11) is 0. The fourth-order valence-corrected chi connectivity index (χ4v) is 2.09. The lowest BCUT2D eigenvalue weighted by Gasteiger charge is -2.05. The molecular weight excluding hydrogens is 236 g/mol. The van der Waals surface area contributed by atoms with Crippen molar-refractivity contribution in [1.82, 2.24) is 14.6 Å². The van der Waals surface area contributed by atoms with Crippen LogP contribution in [0.3, 0.4) is 0 Å². The number of nitrogens with zero attached hydrogens (tertiary/aromatic N) is 3. The third-order valence-electron chi connectivity index (χ3n) is 3.09. The predicted molar refractivity (Wildman–Crippen MR) is 76.4 cm³/mol. The summed E-state index contributed by atoms with van der Waals surface area (Å²) in [6, 6.07) is 14.3. The van der Waals surface area contributed by atoms with Crippen molar-refractivity contribution >= 4 is 11.3 Å². The highest BCUT2D eigenvalue weighted by atomic mass is 15.2. The third-order valence-corrected chi connectivity index (χ3v) is 3.09. The van der Waals surface area contributed by atoms with Crippen LogP contribution in [0.15, 0.2) is 48.7 Å². The molecule has 1 N–H and O–H groups in total. The van der Waals surface area contributed by atoms with E-state index in [0.29, 0.717) is 0 Å². The number of hydrogen-bond acceptors (Lipinski definition) is 3. The van der Waals surface area contributed by atoms with Crippen molar-refractivity contribution in [1.29, 1.82) is 0 Å². The molecule has 0 radical (unpaired) electrons. The van der Waals surface area contributed by atoms with Crippen LogP contribution >= 0.6 is 0 Å². The van der Waals surface area contributed by atoms with Gasteiger partial charge in [-0.3, -0.25) is 4.40 Å². The second-order valence-corrected chi connectivity index (χ2v) is 4.59. The first kappa shape index (κ1) is 11.7. The molecule has 0 aliphatic heterocycles. The largest absolute Gasteiger partial charge is 0.385 e. The zero-order valence-electron chi connectivity index (χ0n) is 10.9. The topological polar surface area (TPSA) is 42.2 Å².